The van der Waals surface area contributed by atoms with Crippen molar-refractivity contribution in [2.24, 2.45) is 0 Å². The first kappa shape index (κ1) is 15.1. The van der Waals surface area contributed by atoms with Gasteiger partial charge in [-0.15, -0.1) is 0 Å². The Morgan fingerprint density at radius 3 is 2.43 bits per heavy atom. The number of nitrogens with one attached hydrogen (secondary N) is 1. The van der Waals surface area contributed by atoms with Gasteiger partial charge in [0.2, 0.25) is 0 Å². The Hall–Kier alpha value is -2.32. The number of anilines is 2. The van der Waals surface area contributed by atoms with E-state index in [0.717, 1.165) is 18.2 Å². The van der Waals surface area contributed by atoms with Crippen LogP contribution >= 0.6 is 11.6 Å². The van der Waals surface area contributed by atoms with Crippen LogP contribution < -0.4 is 10.5 Å². The molecule has 0 aliphatic rings. The van der Waals surface area contributed by atoms with Gasteiger partial charge in [-0.05, 0) is 18.2 Å². The predicted molar refractivity (Wildman–Crippen MR) is 79.8 cm³/mol. The van der Waals surface area contributed by atoms with Crippen LogP contribution in [0.4, 0.5) is 17.1 Å². The summed E-state index contributed by atoms with van der Waals surface area (Å²) < 4.78 is 26.8. The average Bonchev–Trinajstić information content (AvgIpc) is 2.40. The summed E-state index contributed by atoms with van der Waals surface area (Å²) in [5, 5.41) is 10.8. The molecule has 2 aromatic carbocycles. The maximum absolute atomic E-state index is 12.2. The number of hydrogen-bond donors (Lipinski definition) is 2. The fourth-order valence-corrected chi connectivity index (χ4v) is 3.07. The molecule has 0 aromatic heterocycles. The summed E-state index contributed by atoms with van der Waals surface area (Å²) in [7, 11) is -3.99. The zero-order chi connectivity index (χ0) is 15.6. The Kier molecular flexibility index (Phi) is 4.01. The zero-order valence-corrected chi connectivity index (χ0v) is 12.1. The molecule has 0 aliphatic heterocycles. The molecule has 0 heterocycles. The molecule has 0 amide bonds. The van der Waals surface area contributed by atoms with Crippen LogP contribution in [0.25, 0.3) is 0 Å². The van der Waals surface area contributed by atoms with Crippen molar-refractivity contribution in [2.75, 3.05) is 10.5 Å². The Labute approximate surface area is 125 Å². The van der Waals surface area contributed by atoms with E-state index in [0.29, 0.717) is 0 Å². The molecule has 0 saturated heterocycles. The van der Waals surface area contributed by atoms with Crippen LogP contribution in [-0.2, 0) is 10.0 Å². The number of nitrogens with two attached hydrogens (primary N) is 1. The molecule has 2 aromatic rings. The highest BCUT2D eigenvalue weighted by molar-refractivity contribution is 7.92. The van der Waals surface area contributed by atoms with E-state index in [-0.39, 0.29) is 27.0 Å². The van der Waals surface area contributed by atoms with Crippen molar-refractivity contribution in [2.45, 2.75) is 4.90 Å². The summed E-state index contributed by atoms with van der Waals surface area (Å²) in [6.45, 7) is 0. The summed E-state index contributed by atoms with van der Waals surface area (Å²) in [5.41, 5.74) is 5.27. The maximum atomic E-state index is 12.2. The van der Waals surface area contributed by atoms with Crippen molar-refractivity contribution in [3.05, 3.63) is 57.6 Å². The number of non-ortho nitro benzene ring substituents is 1. The minimum absolute atomic E-state index is 0.192. The predicted octanol–water partition coefficient (Wildman–Crippen LogP) is 2.63. The number of hydrogen-bond acceptors (Lipinski definition) is 5. The van der Waals surface area contributed by atoms with Gasteiger partial charge in [0.25, 0.3) is 15.7 Å². The van der Waals surface area contributed by atoms with E-state index in [4.69, 9.17) is 17.3 Å². The molecule has 2 rings (SSSR count). The van der Waals surface area contributed by atoms with E-state index in [2.05, 4.69) is 4.72 Å². The van der Waals surface area contributed by atoms with Gasteiger partial charge >= 0.3 is 0 Å². The lowest BCUT2D eigenvalue weighted by molar-refractivity contribution is -0.384. The standard InChI is InChI=1S/C12H10ClN3O4S/c13-9-3-1-2-4-11(9)15-21(19,20)12-6-5-8(16(17)18)7-10(12)14/h1-7,15H,14H2. The second kappa shape index (κ2) is 5.58. The summed E-state index contributed by atoms with van der Waals surface area (Å²) in [4.78, 5) is 9.70. The average molecular weight is 328 g/mol. The van der Waals surface area contributed by atoms with E-state index in [1.54, 1.807) is 12.1 Å². The molecule has 0 radical (unpaired) electrons. The first-order chi connectivity index (χ1) is 9.81. The van der Waals surface area contributed by atoms with Crippen molar-refractivity contribution >= 4 is 38.7 Å². The van der Waals surface area contributed by atoms with Crippen LogP contribution in [0.1, 0.15) is 0 Å². The largest absolute Gasteiger partial charge is 0.397 e. The molecule has 0 unspecified atom stereocenters. The SMILES string of the molecule is Nc1cc([N+](=O)[O-])ccc1S(=O)(=O)Nc1ccccc1Cl. The fraction of sp³-hybridized carbons (Fsp3) is 0. The van der Waals surface area contributed by atoms with E-state index in [1.165, 1.54) is 12.1 Å². The monoisotopic (exact) mass is 327 g/mol. The van der Waals surface area contributed by atoms with Crippen molar-refractivity contribution in [1.29, 1.82) is 0 Å². The number of nitro groups is 1. The molecule has 0 aliphatic carbocycles. The highest BCUT2D eigenvalue weighted by Crippen LogP contribution is 2.28. The lowest BCUT2D eigenvalue weighted by atomic mass is 10.3. The van der Waals surface area contributed by atoms with Crippen LogP contribution in [0.3, 0.4) is 0 Å². The Balaban J connectivity index is 2.41. The first-order valence-corrected chi connectivity index (χ1v) is 7.48. The van der Waals surface area contributed by atoms with Crippen molar-refractivity contribution < 1.29 is 13.3 Å². The Morgan fingerprint density at radius 2 is 1.86 bits per heavy atom. The van der Waals surface area contributed by atoms with Gasteiger partial charge < -0.3 is 5.73 Å². The van der Waals surface area contributed by atoms with E-state index >= 15 is 0 Å². The Morgan fingerprint density at radius 1 is 1.19 bits per heavy atom. The smallest absolute Gasteiger partial charge is 0.271 e. The molecule has 110 valence electrons. The molecular weight excluding hydrogens is 318 g/mol. The zero-order valence-electron chi connectivity index (χ0n) is 10.5. The number of halogens is 1. The third-order valence-corrected chi connectivity index (χ3v) is 4.38. The number of para-hydroxylation sites is 1. The van der Waals surface area contributed by atoms with Gasteiger partial charge in [-0.2, -0.15) is 0 Å². The highest BCUT2D eigenvalue weighted by atomic mass is 35.5. The van der Waals surface area contributed by atoms with Crippen LogP contribution in [0.2, 0.25) is 5.02 Å². The van der Waals surface area contributed by atoms with Gasteiger partial charge in [0.1, 0.15) is 4.90 Å². The molecule has 0 fully saturated rings. The minimum Gasteiger partial charge on any atom is -0.397 e. The second-order valence-corrected chi connectivity index (χ2v) is 6.12. The molecule has 3 N–H and O–H groups in total. The van der Waals surface area contributed by atoms with Gasteiger partial charge in [-0.25, -0.2) is 8.42 Å². The number of benzene rings is 2. The van der Waals surface area contributed by atoms with Crippen LogP contribution in [0.5, 0.6) is 0 Å². The van der Waals surface area contributed by atoms with Crippen LogP contribution in [0.15, 0.2) is 47.4 Å². The first-order valence-electron chi connectivity index (χ1n) is 5.62. The summed E-state index contributed by atoms with van der Waals surface area (Å²) in [6, 6.07) is 9.41. The Bertz CT molecular complexity index is 808. The van der Waals surface area contributed by atoms with Gasteiger partial charge in [0.15, 0.2) is 0 Å². The number of nitrogen functional groups attached to an aromatic ring is 1. The lowest BCUT2D eigenvalue weighted by Gasteiger charge is -2.11. The van der Waals surface area contributed by atoms with Gasteiger partial charge in [0, 0.05) is 12.1 Å². The maximum Gasteiger partial charge on any atom is 0.271 e. The van der Waals surface area contributed by atoms with E-state index in [1.807, 2.05) is 0 Å². The quantitative estimate of drug-likeness (QED) is 0.508. The minimum atomic E-state index is -3.99. The third-order valence-electron chi connectivity index (χ3n) is 2.61. The topological polar surface area (TPSA) is 115 Å². The van der Waals surface area contributed by atoms with E-state index in [9.17, 15) is 18.5 Å². The van der Waals surface area contributed by atoms with Crippen molar-refractivity contribution in [3.8, 4) is 0 Å². The molecule has 9 heteroatoms. The molecule has 0 bridgehead atoms. The van der Waals surface area contributed by atoms with Gasteiger partial charge in [0.05, 0.1) is 21.3 Å². The van der Waals surface area contributed by atoms with Crippen LogP contribution in [-0.4, -0.2) is 13.3 Å². The molecular formula is C12H10ClN3O4S. The summed E-state index contributed by atoms with van der Waals surface area (Å²) in [6.07, 6.45) is 0. The van der Waals surface area contributed by atoms with E-state index < -0.39 is 14.9 Å². The number of nitrogens with zero attached hydrogens (tertiary/aromatic N) is 1. The molecule has 0 spiro atoms. The summed E-state index contributed by atoms with van der Waals surface area (Å²) in [5.74, 6) is 0. The second-order valence-electron chi connectivity index (χ2n) is 4.06. The van der Waals surface area contributed by atoms with Crippen molar-refractivity contribution in [1.82, 2.24) is 0 Å². The van der Waals surface area contributed by atoms with Crippen LogP contribution in [0, 0.1) is 10.1 Å². The molecule has 0 saturated carbocycles. The number of nitro benzene ring substituents is 1. The lowest BCUT2D eigenvalue weighted by Crippen LogP contribution is -2.15. The number of rotatable bonds is 4. The summed E-state index contributed by atoms with van der Waals surface area (Å²) >= 11 is 5.88. The molecule has 21 heavy (non-hydrogen) atoms. The molecule has 7 nitrogen and oxygen atoms in total. The number of sulfonamides is 1. The van der Waals surface area contributed by atoms with Gasteiger partial charge in [-0.1, -0.05) is 23.7 Å². The highest BCUT2D eigenvalue weighted by Gasteiger charge is 2.20. The van der Waals surface area contributed by atoms with Crippen molar-refractivity contribution in [3.63, 3.8) is 0 Å². The normalized spacial score (nSPS) is 11.1. The molecule has 0 atom stereocenters. The fourth-order valence-electron chi connectivity index (χ4n) is 1.64. The van der Waals surface area contributed by atoms with Gasteiger partial charge in [-0.3, -0.25) is 14.8 Å². The third kappa shape index (κ3) is 3.23.